The molecular weight excluding hydrogens is 376 g/mol. The van der Waals surface area contributed by atoms with Gasteiger partial charge in [-0.25, -0.2) is 9.78 Å². The van der Waals surface area contributed by atoms with Crippen LogP contribution in [0.5, 0.6) is 5.75 Å². The number of aromatic nitrogens is 1. The molecule has 3 aromatic rings. The van der Waals surface area contributed by atoms with Crippen molar-refractivity contribution in [3.8, 4) is 5.75 Å². The molecule has 0 fully saturated rings. The average molecular weight is 396 g/mol. The lowest BCUT2D eigenvalue weighted by molar-refractivity contribution is 0.0954. The Balaban J connectivity index is 1.61. The van der Waals surface area contributed by atoms with Gasteiger partial charge in [-0.1, -0.05) is 53.8 Å². The summed E-state index contributed by atoms with van der Waals surface area (Å²) in [6, 6.07) is 16.3. The van der Waals surface area contributed by atoms with Crippen LogP contribution in [-0.2, 0) is 6.54 Å². The van der Waals surface area contributed by atoms with Crippen LogP contribution >= 0.6 is 11.3 Å². The van der Waals surface area contributed by atoms with E-state index in [0.717, 1.165) is 16.9 Å². The maximum atomic E-state index is 12.4. The maximum absolute atomic E-state index is 12.4. The van der Waals surface area contributed by atoms with E-state index in [1.54, 1.807) is 25.1 Å². The quantitative estimate of drug-likeness (QED) is 0.586. The van der Waals surface area contributed by atoms with E-state index in [1.165, 1.54) is 7.11 Å². The molecule has 0 spiro atoms. The number of carbonyl (C=O) groups is 2. The molecule has 3 rings (SSSR count). The van der Waals surface area contributed by atoms with E-state index in [9.17, 15) is 9.59 Å². The van der Waals surface area contributed by atoms with E-state index in [0.29, 0.717) is 33.7 Å². The third kappa shape index (κ3) is 4.86. The number of aryl methyl sites for hydroxylation is 1. The Bertz CT molecular complexity index is 973. The zero-order valence-corrected chi connectivity index (χ0v) is 16.3. The van der Waals surface area contributed by atoms with Crippen LogP contribution in [0.3, 0.4) is 0 Å². The van der Waals surface area contributed by atoms with Crippen molar-refractivity contribution in [2.75, 3.05) is 17.7 Å². The summed E-state index contributed by atoms with van der Waals surface area (Å²) in [6.45, 7) is 2.16. The minimum absolute atomic E-state index is 0.225. The van der Waals surface area contributed by atoms with Crippen molar-refractivity contribution >= 4 is 34.1 Å². The highest BCUT2D eigenvalue weighted by Crippen LogP contribution is 2.25. The number of hydrogen-bond acceptors (Lipinski definition) is 5. The molecule has 0 saturated carbocycles. The number of nitrogens with one attached hydrogen (secondary N) is 3. The first kappa shape index (κ1) is 19.4. The fourth-order valence-electron chi connectivity index (χ4n) is 2.52. The second-order valence-corrected chi connectivity index (χ2v) is 6.88. The molecule has 2 aromatic carbocycles. The Morgan fingerprint density at radius 3 is 2.50 bits per heavy atom. The summed E-state index contributed by atoms with van der Waals surface area (Å²) in [6.07, 6.45) is 0. The highest BCUT2D eigenvalue weighted by Gasteiger charge is 2.17. The summed E-state index contributed by atoms with van der Waals surface area (Å²) < 4.78 is 5.21. The van der Waals surface area contributed by atoms with Crippen molar-refractivity contribution < 1.29 is 14.3 Å². The zero-order chi connectivity index (χ0) is 19.9. The molecule has 1 heterocycles. The highest BCUT2D eigenvalue weighted by molar-refractivity contribution is 7.17. The van der Waals surface area contributed by atoms with Crippen molar-refractivity contribution in [2.45, 2.75) is 13.5 Å². The molecule has 28 heavy (non-hydrogen) atoms. The van der Waals surface area contributed by atoms with Crippen LogP contribution in [0.4, 0.5) is 15.6 Å². The van der Waals surface area contributed by atoms with Gasteiger partial charge in [0, 0.05) is 6.54 Å². The Labute approximate surface area is 166 Å². The maximum Gasteiger partial charge on any atom is 0.325 e. The summed E-state index contributed by atoms with van der Waals surface area (Å²) in [5.41, 5.74) is 2.10. The number of carbonyl (C=O) groups excluding carboxylic acids is 2. The van der Waals surface area contributed by atoms with E-state index in [4.69, 9.17) is 4.74 Å². The fraction of sp³-hybridized carbons (Fsp3) is 0.150. The van der Waals surface area contributed by atoms with E-state index in [-0.39, 0.29) is 5.91 Å². The number of urea groups is 1. The van der Waals surface area contributed by atoms with Gasteiger partial charge in [-0.15, -0.1) is 0 Å². The smallest absolute Gasteiger partial charge is 0.325 e. The summed E-state index contributed by atoms with van der Waals surface area (Å²) in [4.78, 5) is 29.4. The third-order valence-corrected chi connectivity index (χ3v) is 4.95. The van der Waals surface area contributed by atoms with Crippen LogP contribution in [0.25, 0.3) is 0 Å². The Hall–Kier alpha value is -3.39. The molecular formula is C20H20N4O3S. The second kappa shape index (κ2) is 9.01. The molecule has 8 heteroatoms. The molecule has 144 valence electrons. The summed E-state index contributed by atoms with van der Waals surface area (Å²) in [5.74, 6) is 0.325. The molecule has 0 aliphatic heterocycles. The number of thiazole rings is 1. The topological polar surface area (TPSA) is 92.3 Å². The van der Waals surface area contributed by atoms with Gasteiger partial charge in [0.25, 0.3) is 5.91 Å². The first-order valence-electron chi connectivity index (χ1n) is 8.57. The summed E-state index contributed by atoms with van der Waals surface area (Å²) in [5, 5.41) is 8.57. The van der Waals surface area contributed by atoms with Crippen molar-refractivity contribution in [2.24, 2.45) is 0 Å². The number of nitrogens with zero attached hydrogens (tertiary/aromatic N) is 1. The number of anilines is 2. The molecule has 0 unspecified atom stereocenters. The molecule has 0 radical (unpaired) electrons. The molecule has 0 aliphatic rings. The number of rotatable bonds is 6. The number of amides is 3. The van der Waals surface area contributed by atoms with Crippen LogP contribution in [-0.4, -0.2) is 24.0 Å². The van der Waals surface area contributed by atoms with Gasteiger partial charge in [0.2, 0.25) is 0 Å². The standard InChI is InChI=1S/C20H20N4O3S/c1-13-17(18(25)21-12-14-8-4-3-5-9-14)28-20(22-13)24-19(26)23-15-10-6-7-11-16(15)27-2/h3-11H,12H2,1-2H3,(H,21,25)(H2,22,23,24,26). The number of para-hydroxylation sites is 2. The van der Waals surface area contributed by atoms with Gasteiger partial charge in [0.15, 0.2) is 5.13 Å². The summed E-state index contributed by atoms with van der Waals surface area (Å²) >= 11 is 1.13. The third-order valence-electron chi connectivity index (χ3n) is 3.87. The van der Waals surface area contributed by atoms with E-state index >= 15 is 0 Å². The van der Waals surface area contributed by atoms with Gasteiger partial charge in [-0.3, -0.25) is 10.1 Å². The van der Waals surface area contributed by atoms with E-state index < -0.39 is 6.03 Å². The van der Waals surface area contributed by atoms with Gasteiger partial charge in [0.05, 0.1) is 18.5 Å². The molecule has 7 nitrogen and oxygen atoms in total. The molecule has 0 saturated heterocycles. The van der Waals surface area contributed by atoms with Crippen LogP contribution in [0.2, 0.25) is 0 Å². The minimum Gasteiger partial charge on any atom is -0.495 e. The SMILES string of the molecule is COc1ccccc1NC(=O)Nc1nc(C)c(C(=O)NCc2ccccc2)s1. The first-order valence-corrected chi connectivity index (χ1v) is 9.39. The molecule has 0 atom stereocenters. The molecule has 0 bridgehead atoms. The molecule has 3 amide bonds. The Morgan fingerprint density at radius 2 is 1.75 bits per heavy atom. The lowest BCUT2D eigenvalue weighted by atomic mass is 10.2. The van der Waals surface area contributed by atoms with E-state index in [1.807, 2.05) is 36.4 Å². The van der Waals surface area contributed by atoms with Gasteiger partial charge >= 0.3 is 6.03 Å². The number of benzene rings is 2. The Morgan fingerprint density at radius 1 is 1.04 bits per heavy atom. The van der Waals surface area contributed by atoms with Crippen LogP contribution in [0, 0.1) is 6.92 Å². The molecule has 0 aliphatic carbocycles. The second-order valence-electron chi connectivity index (χ2n) is 5.88. The van der Waals surface area contributed by atoms with Gasteiger partial charge < -0.3 is 15.4 Å². The van der Waals surface area contributed by atoms with E-state index in [2.05, 4.69) is 20.9 Å². The predicted octanol–water partition coefficient (Wildman–Crippen LogP) is 4.03. The number of methoxy groups -OCH3 is 1. The number of ether oxygens (including phenoxy) is 1. The fourth-order valence-corrected chi connectivity index (χ4v) is 3.40. The minimum atomic E-state index is -0.463. The largest absolute Gasteiger partial charge is 0.495 e. The zero-order valence-electron chi connectivity index (χ0n) is 15.5. The predicted molar refractivity (Wildman–Crippen MR) is 110 cm³/mol. The normalized spacial score (nSPS) is 10.2. The van der Waals surface area contributed by atoms with Gasteiger partial charge in [0.1, 0.15) is 10.6 Å². The highest BCUT2D eigenvalue weighted by atomic mass is 32.1. The van der Waals surface area contributed by atoms with Crippen molar-refractivity contribution in [1.29, 1.82) is 0 Å². The van der Waals surface area contributed by atoms with Gasteiger partial charge in [-0.05, 0) is 24.6 Å². The molecule has 3 N–H and O–H groups in total. The lowest BCUT2D eigenvalue weighted by Crippen LogP contribution is -2.22. The van der Waals surface area contributed by atoms with Crippen molar-refractivity contribution in [3.05, 3.63) is 70.7 Å². The monoisotopic (exact) mass is 396 g/mol. The van der Waals surface area contributed by atoms with Crippen molar-refractivity contribution in [1.82, 2.24) is 10.3 Å². The first-order chi connectivity index (χ1) is 13.6. The number of hydrogen-bond donors (Lipinski definition) is 3. The van der Waals surface area contributed by atoms with Crippen LogP contribution < -0.4 is 20.7 Å². The molecule has 1 aromatic heterocycles. The Kier molecular flexibility index (Phi) is 6.23. The average Bonchev–Trinajstić information content (AvgIpc) is 3.07. The van der Waals surface area contributed by atoms with Gasteiger partial charge in [-0.2, -0.15) is 0 Å². The van der Waals surface area contributed by atoms with Crippen LogP contribution in [0.15, 0.2) is 54.6 Å². The lowest BCUT2D eigenvalue weighted by Gasteiger charge is -2.09. The van der Waals surface area contributed by atoms with Crippen LogP contribution in [0.1, 0.15) is 20.9 Å². The van der Waals surface area contributed by atoms with Crippen molar-refractivity contribution in [3.63, 3.8) is 0 Å². The summed E-state index contributed by atoms with van der Waals surface area (Å²) in [7, 11) is 1.53.